The fraction of sp³-hybridized carbons (Fsp3) is 0.136. The number of carbonyl (C=O) groups is 2. The molecule has 1 saturated heterocycles. The molecule has 1 atom stereocenters. The second-order valence-electron chi connectivity index (χ2n) is 6.74. The van der Waals surface area contributed by atoms with E-state index in [0.29, 0.717) is 33.1 Å². The molecule has 0 bridgehead atoms. The average molecular weight is 490 g/mol. The molecule has 0 aliphatic carbocycles. The summed E-state index contributed by atoms with van der Waals surface area (Å²) in [5.41, 5.74) is 1.24. The molecule has 0 radical (unpaired) electrons. The van der Waals surface area contributed by atoms with E-state index < -0.39 is 5.25 Å². The van der Waals surface area contributed by atoms with Crippen molar-refractivity contribution in [2.45, 2.75) is 18.2 Å². The zero-order valence-corrected chi connectivity index (χ0v) is 19.3. The largest absolute Gasteiger partial charge is 0.325 e. The van der Waals surface area contributed by atoms with Crippen LogP contribution in [0.15, 0.2) is 71.0 Å². The third kappa shape index (κ3) is 5.68. The van der Waals surface area contributed by atoms with Crippen LogP contribution in [0.4, 0.5) is 11.4 Å². The molecule has 1 aliphatic rings. The summed E-state index contributed by atoms with van der Waals surface area (Å²) < 4.78 is 0. The number of hydrogen-bond donors (Lipinski definition) is 1. The van der Waals surface area contributed by atoms with E-state index in [-0.39, 0.29) is 18.2 Å². The van der Waals surface area contributed by atoms with Crippen LogP contribution in [0.5, 0.6) is 0 Å². The molecule has 2 heterocycles. The molecule has 31 heavy (non-hydrogen) atoms. The highest BCUT2D eigenvalue weighted by Gasteiger charge is 2.36. The van der Waals surface area contributed by atoms with Gasteiger partial charge < -0.3 is 5.32 Å². The number of nitrogens with one attached hydrogen (secondary N) is 1. The van der Waals surface area contributed by atoms with E-state index in [1.807, 2.05) is 17.5 Å². The normalized spacial score (nSPS) is 17.7. The lowest BCUT2D eigenvalue weighted by Crippen LogP contribution is -2.44. The van der Waals surface area contributed by atoms with E-state index in [0.717, 1.165) is 4.88 Å². The van der Waals surface area contributed by atoms with E-state index in [1.165, 1.54) is 11.8 Å². The number of anilines is 1. The van der Waals surface area contributed by atoms with E-state index >= 15 is 0 Å². The predicted octanol–water partition coefficient (Wildman–Crippen LogP) is 6.22. The van der Waals surface area contributed by atoms with Crippen LogP contribution in [0.2, 0.25) is 10.0 Å². The van der Waals surface area contributed by atoms with Gasteiger partial charge in [-0.25, -0.2) is 4.99 Å². The third-order valence-electron chi connectivity index (χ3n) is 4.47. The van der Waals surface area contributed by atoms with Gasteiger partial charge in [0.1, 0.15) is 5.25 Å². The molecule has 0 saturated carbocycles. The van der Waals surface area contributed by atoms with Crippen molar-refractivity contribution in [3.05, 3.63) is 81.0 Å². The minimum absolute atomic E-state index is 0.0854. The summed E-state index contributed by atoms with van der Waals surface area (Å²) in [7, 11) is 0. The van der Waals surface area contributed by atoms with Gasteiger partial charge in [0.05, 0.1) is 12.2 Å². The first-order chi connectivity index (χ1) is 15.0. The molecule has 158 valence electrons. The molecular formula is C22H17Cl2N3O2S2. The number of carbonyl (C=O) groups excluding carboxylic acids is 2. The first-order valence-electron chi connectivity index (χ1n) is 9.38. The monoisotopic (exact) mass is 489 g/mol. The van der Waals surface area contributed by atoms with Crippen molar-refractivity contribution in [1.29, 1.82) is 0 Å². The van der Waals surface area contributed by atoms with Gasteiger partial charge in [-0.2, -0.15) is 0 Å². The van der Waals surface area contributed by atoms with Crippen molar-refractivity contribution in [2.75, 3.05) is 5.32 Å². The maximum absolute atomic E-state index is 13.0. The summed E-state index contributed by atoms with van der Waals surface area (Å²) >= 11 is 14.8. The van der Waals surface area contributed by atoms with Crippen LogP contribution in [0.1, 0.15) is 11.3 Å². The van der Waals surface area contributed by atoms with Crippen LogP contribution in [-0.4, -0.2) is 27.1 Å². The molecule has 1 N–H and O–H groups in total. The number of amidine groups is 1. The van der Waals surface area contributed by atoms with Crippen LogP contribution < -0.4 is 5.32 Å². The average Bonchev–Trinajstić information content (AvgIpc) is 3.25. The predicted molar refractivity (Wildman–Crippen MR) is 129 cm³/mol. The van der Waals surface area contributed by atoms with Crippen LogP contribution >= 0.6 is 46.3 Å². The number of aliphatic imine (C=N–C) groups is 1. The summed E-state index contributed by atoms with van der Waals surface area (Å²) in [4.78, 5) is 33.2. The van der Waals surface area contributed by atoms with Crippen LogP contribution in [0, 0.1) is 0 Å². The van der Waals surface area contributed by atoms with Crippen molar-refractivity contribution in [1.82, 2.24) is 4.90 Å². The van der Waals surface area contributed by atoms with Gasteiger partial charge in [-0.1, -0.05) is 47.1 Å². The van der Waals surface area contributed by atoms with E-state index in [1.54, 1.807) is 64.8 Å². The molecule has 1 aromatic heterocycles. The van der Waals surface area contributed by atoms with E-state index in [4.69, 9.17) is 23.2 Å². The number of halogens is 2. The van der Waals surface area contributed by atoms with Gasteiger partial charge in [0, 0.05) is 27.0 Å². The molecule has 5 nitrogen and oxygen atoms in total. The Morgan fingerprint density at radius 3 is 2.61 bits per heavy atom. The quantitative estimate of drug-likeness (QED) is 0.462. The second kappa shape index (κ2) is 9.87. The lowest BCUT2D eigenvalue weighted by molar-refractivity contribution is -0.129. The highest BCUT2D eigenvalue weighted by molar-refractivity contribution is 8.15. The minimum Gasteiger partial charge on any atom is -0.325 e. The van der Waals surface area contributed by atoms with Crippen molar-refractivity contribution >= 4 is 74.7 Å². The number of benzene rings is 2. The Balaban J connectivity index is 1.58. The first-order valence-corrected chi connectivity index (χ1v) is 11.9. The number of thioether (sulfide) groups is 1. The Bertz CT molecular complexity index is 1120. The second-order valence-corrected chi connectivity index (χ2v) is 9.82. The van der Waals surface area contributed by atoms with Crippen molar-refractivity contribution < 1.29 is 9.59 Å². The van der Waals surface area contributed by atoms with Gasteiger partial charge in [0.15, 0.2) is 5.17 Å². The molecule has 3 aromatic rings. The van der Waals surface area contributed by atoms with E-state index in [2.05, 4.69) is 10.3 Å². The lowest BCUT2D eigenvalue weighted by Gasteiger charge is -2.31. The first kappa shape index (κ1) is 21.9. The van der Waals surface area contributed by atoms with Crippen molar-refractivity contribution in [2.24, 2.45) is 4.99 Å². The molecule has 2 aromatic carbocycles. The van der Waals surface area contributed by atoms with Gasteiger partial charge in [0.25, 0.3) is 0 Å². The maximum atomic E-state index is 13.0. The fourth-order valence-corrected chi connectivity index (χ4v) is 5.08. The molecular weight excluding hydrogens is 473 g/mol. The molecule has 1 aliphatic heterocycles. The molecule has 0 spiro atoms. The lowest BCUT2D eigenvalue weighted by atomic mass is 10.2. The molecule has 2 amide bonds. The number of rotatable bonds is 5. The van der Waals surface area contributed by atoms with Crippen LogP contribution in [0.3, 0.4) is 0 Å². The van der Waals surface area contributed by atoms with Crippen LogP contribution in [0.25, 0.3) is 0 Å². The Hall–Kier alpha value is -2.32. The summed E-state index contributed by atoms with van der Waals surface area (Å²) in [5.74, 6) is -0.411. The number of nitrogens with zero attached hydrogens (tertiary/aromatic N) is 2. The Morgan fingerprint density at radius 2 is 1.90 bits per heavy atom. The maximum Gasteiger partial charge on any atom is 0.238 e. The summed E-state index contributed by atoms with van der Waals surface area (Å²) in [6.07, 6.45) is 0.0854. The number of amides is 2. The topological polar surface area (TPSA) is 61.8 Å². The molecule has 1 unspecified atom stereocenters. The van der Waals surface area contributed by atoms with Crippen molar-refractivity contribution in [3.63, 3.8) is 0 Å². The Kier molecular flexibility index (Phi) is 6.97. The highest BCUT2D eigenvalue weighted by atomic mass is 35.5. The fourth-order valence-electron chi connectivity index (χ4n) is 2.97. The minimum atomic E-state index is -0.600. The van der Waals surface area contributed by atoms with Gasteiger partial charge in [-0.05, 0) is 53.9 Å². The number of hydrogen-bond acceptors (Lipinski definition) is 5. The van der Waals surface area contributed by atoms with Crippen LogP contribution in [-0.2, 0) is 16.1 Å². The smallest absolute Gasteiger partial charge is 0.238 e. The SMILES string of the molecule is O=C(Nc1cccc(Cl)c1)C1CC(=O)N(Cc2cccs2)C(=Nc2ccc(Cl)cc2)S1. The standard InChI is InChI=1S/C22H17Cl2N3O2S2/c23-14-6-8-16(9-7-14)26-22-27(13-18-5-2-10-30-18)20(28)12-19(31-22)21(29)25-17-4-1-3-15(24)11-17/h1-11,19H,12-13H2,(H,25,29). The Morgan fingerprint density at radius 1 is 1.10 bits per heavy atom. The highest BCUT2D eigenvalue weighted by Crippen LogP contribution is 2.32. The van der Waals surface area contributed by atoms with Gasteiger partial charge in [0.2, 0.25) is 11.8 Å². The summed E-state index contributed by atoms with van der Waals surface area (Å²) in [6, 6.07) is 17.9. The zero-order chi connectivity index (χ0) is 21.8. The van der Waals surface area contributed by atoms with Gasteiger partial charge in [-0.15, -0.1) is 11.3 Å². The Labute approximate surface area is 198 Å². The summed E-state index contributed by atoms with van der Waals surface area (Å²) in [6.45, 7) is 0.415. The molecule has 9 heteroatoms. The molecule has 4 rings (SSSR count). The van der Waals surface area contributed by atoms with Gasteiger partial charge >= 0.3 is 0 Å². The molecule has 1 fully saturated rings. The van der Waals surface area contributed by atoms with Gasteiger partial charge in [-0.3, -0.25) is 14.5 Å². The zero-order valence-electron chi connectivity index (χ0n) is 16.1. The third-order valence-corrected chi connectivity index (χ3v) is 7.01. The number of thiophene rings is 1. The summed E-state index contributed by atoms with van der Waals surface area (Å²) in [5, 5.41) is 5.82. The van der Waals surface area contributed by atoms with E-state index in [9.17, 15) is 9.59 Å². The van der Waals surface area contributed by atoms with Crippen molar-refractivity contribution in [3.8, 4) is 0 Å².